The number of carbonyl (C=O) groups excluding carboxylic acids is 2. The van der Waals surface area contributed by atoms with Crippen molar-refractivity contribution in [2.75, 3.05) is 5.32 Å². The van der Waals surface area contributed by atoms with Crippen molar-refractivity contribution in [3.05, 3.63) is 77.5 Å². The van der Waals surface area contributed by atoms with Crippen molar-refractivity contribution in [1.82, 2.24) is 20.4 Å². The summed E-state index contributed by atoms with van der Waals surface area (Å²) in [6, 6.07) is 14.7. The van der Waals surface area contributed by atoms with Crippen LogP contribution in [0.2, 0.25) is 0 Å². The maximum atomic E-state index is 13.4. The first-order chi connectivity index (χ1) is 16.5. The van der Waals surface area contributed by atoms with Crippen molar-refractivity contribution in [2.24, 2.45) is 0 Å². The predicted molar refractivity (Wildman–Crippen MR) is 120 cm³/mol. The molecule has 0 saturated heterocycles. The van der Waals surface area contributed by atoms with E-state index in [-0.39, 0.29) is 24.5 Å². The Morgan fingerprint density at radius 2 is 1.71 bits per heavy atom. The number of hydrogen-bond donors (Lipinski definition) is 4. The molecule has 12 heteroatoms. The number of benzene rings is 2. The summed E-state index contributed by atoms with van der Waals surface area (Å²) in [4.78, 5) is 35.2. The Morgan fingerprint density at radius 3 is 2.37 bits per heavy atom. The number of halogens is 3. The van der Waals surface area contributed by atoms with E-state index in [1.165, 1.54) is 19.1 Å². The standard InChI is InChI=1S/C23H22F3N5O4/c1-14(28-22(34)35)21(33)27-13-16-8-5-9-17(10-16)31-19(12-18(30-31)23(24,25)26)29-20(32)11-15-6-3-2-4-7-15/h2-10,12,14,28H,11,13H2,1H3,(H,27,33)(H,29,32)(H,34,35)/t14-/m0/s1. The van der Waals surface area contributed by atoms with Gasteiger partial charge in [0.1, 0.15) is 11.9 Å². The fourth-order valence-corrected chi connectivity index (χ4v) is 3.16. The highest BCUT2D eigenvalue weighted by Crippen LogP contribution is 2.31. The first kappa shape index (κ1) is 25.3. The molecular formula is C23H22F3N5O4. The minimum Gasteiger partial charge on any atom is -0.465 e. The smallest absolute Gasteiger partial charge is 0.435 e. The lowest BCUT2D eigenvalue weighted by atomic mass is 10.1. The van der Waals surface area contributed by atoms with Crippen LogP contribution in [-0.2, 0) is 28.7 Å². The first-order valence-electron chi connectivity index (χ1n) is 10.4. The number of nitrogens with zero attached hydrogens (tertiary/aromatic N) is 2. The van der Waals surface area contributed by atoms with Gasteiger partial charge in [-0.25, -0.2) is 9.48 Å². The molecule has 3 amide bonds. The molecule has 0 aliphatic heterocycles. The molecule has 2 aromatic carbocycles. The first-order valence-corrected chi connectivity index (χ1v) is 10.4. The van der Waals surface area contributed by atoms with Gasteiger partial charge in [-0.05, 0) is 30.2 Å². The van der Waals surface area contributed by atoms with Gasteiger partial charge in [0.15, 0.2) is 5.69 Å². The number of alkyl halides is 3. The molecule has 0 fully saturated rings. The van der Waals surface area contributed by atoms with Crippen LogP contribution in [0.4, 0.5) is 23.8 Å². The highest BCUT2D eigenvalue weighted by molar-refractivity contribution is 5.91. The van der Waals surface area contributed by atoms with Crippen LogP contribution in [0.5, 0.6) is 0 Å². The van der Waals surface area contributed by atoms with E-state index in [4.69, 9.17) is 5.11 Å². The van der Waals surface area contributed by atoms with Gasteiger partial charge in [0, 0.05) is 12.6 Å². The number of anilines is 1. The van der Waals surface area contributed by atoms with Gasteiger partial charge in [-0.2, -0.15) is 18.3 Å². The quantitative estimate of drug-likeness (QED) is 0.386. The van der Waals surface area contributed by atoms with Gasteiger partial charge in [-0.1, -0.05) is 42.5 Å². The van der Waals surface area contributed by atoms with Gasteiger partial charge >= 0.3 is 12.3 Å². The zero-order valence-corrected chi connectivity index (χ0v) is 18.5. The topological polar surface area (TPSA) is 125 Å². The lowest BCUT2D eigenvalue weighted by molar-refractivity contribution is -0.141. The SMILES string of the molecule is C[C@H](NC(=O)O)C(=O)NCc1cccc(-n2nc(C(F)(F)F)cc2NC(=O)Cc2ccccc2)c1. The van der Waals surface area contributed by atoms with Crippen molar-refractivity contribution in [3.8, 4) is 5.69 Å². The molecule has 184 valence electrons. The number of nitrogens with one attached hydrogen (secondary N) is 3. The molecule has 0 spiro atoms. The van der Waals surface area contributed by atoms with Crippen LogP contribution in [-0.4, -0.2) is 38.8 Å². The van der Waals surface area contributed by atoms with Crippen molar-refractivity contribution >= 4 is 23.7 Å². The summed E-state index contributed by atoms with van der Waals surface area (Å²) in [5.74, 6) is -1.27. The number of amides is 3. The van der Waals surface area contributed by atoms with Crippen molar-refractivity contribution in [1.29, 1.82) is 0 Å². The summed E-state index contributed by atoms with van der Waals surface area (Å²) >= 11 is 0. The number of carboxylic acid groups (broad SMARTS) is 1. The molecule has 0 saturated carbocycles. The van der Waals surface area contributed by atoms with Crippen LogP contribution in [0.15, 0.2) is 60.7 Å². The zero-order valence-electron chi connectivity index (χ0n) is 18.5. The Labute approximate surface area is 197 Å². The Bertz CT molecular complexity index is 1210. The zero-order chi connectivity index (χ0) is 25.6. The molecule has 1 aromatic heterocycles. The normalized spacial score (nSPS) is 12.0. The number of rotatable bonds is 8. The summed E-state index contributed by atoms with van der Waals surface area (Å²) < 4.78 is 41.0. The van der Waals surface area contributed by atoms with E-state index in [9.17, 15) is 27.6 Å². The molecule has 4 N–H and O–H groups in total. The van der Waals surface area contributed by atoms with E-state index >= 15 is 0 Å². The molecule has 9 nitrogen and oxygen atoms in total. The van der Waals surface area contributed by atoms with Gasteiger partial charge in [0.25, 0.3) is 0 Å². The summed E-state index contributed by atoms with van der Waals surface area (Å²) in [6.07, 6.45) is -6.12. The Kier molecular flexibility index (Phi) is 7.74. The van der Waals surface area contributed by atoms with Gasteiger partial charge in [0.2, 0.25) is 11.8 Å². The van der Waals surface area contributed by atoms with Crippen molar-refractivity contribution in [3.63, 3.8) is 0 Å². The second kappa shape index (κ2) is 10.7. The Morgan fingerprint density at radius 1 is 1.03 bits per heavy atom. The van der Waals surface area contributed by atoms with Crippen LogP contribution in [0.1, 0.15) is 23.7 Å². The molecule has 0 unspecified atom stereocenters. The van der Waals surface area contributed by atoms with E-state index in [0.29, 0.717) is 11.1 Å². The number of carbonyl (C=O) groups is 3. The van der Waals surface area contributed by atoms with Gasteiger partial charge < -0.3 is 21.1 Å². The van der Waals surface area contributed by atoms with Crippen LogP contribution in [0.3, 0.4) is 0 Å². The Hall–Kier alpha value is -4.35. The molecule has 0 aliphatic rings. The third kappa shape index (κ3) is 7.06. The third-order valence-corrected chi connectivity index (χ3v) is 4.83. The number of aromatic nitrogens is 2. The molecule has 1 atom stereocenters. The van der Waals surface area contributed by atoms with Gasteiger partial charge in [-0.3, -0.25) is 9.59 Å². The second-order valence-electron chi connectivity index (χ2n) is 7.59. The summed E-state index contributed by atoms with van der Waals surface area (Å²) in [5, 5.41) is 19.4. The lowest BCUT2D eigenvalue weighted by Gasteiger charge is -2.13. The van der Waals surface area contributed by atoms with E-state index < -0.39 is 35.8 Å². The highest BCUT2D eigenvalue weighted by Gasteiger charge is 2.35. The maximum Gasteiger partial charge on any atom is 0.435 e. The molecule has 3 rings (SSSR count). The molecule has 35 heavy (non-hydrogen) atoms. The minimum absolute atomic E-state index is 0.0125. The third-order valence-electron chi connectivity index (χ3n) is 4.83. The molecule has 0 aliphatic carbocycles. The van der Waals surface area contributed by atoms with Crippen LogP contribution >= 0.6 is 0 Å². The fourth-order valence-electron chi connectivity index (χ4n) is 3.16. The summed E-state index contributed by atoms with van der Waals surface area (Å²) in [6.45, 7) is 1.36. The second-order valence-corrected chi connectivity index (χ2v) is 7.59. The lowest BCUT2D eigenvalue weighted by Crippen LogP contribution is -2.44. The molecule has 3 aromatic rings. The molecule has 0 radical (unpaired) electrons. The predicted octanol–water partition coefficient (Wildman–Crippen LogP) is 3.34. The molecule has 0 bridgehead atoms. The van der Waals surface area contributed by atoms with Gasteiger partial charge in [-0.15, -0.1) is 0 Å². The molecule has 1 heterocycles. The van der Waals surface area contributed by atoms with E-state index in [2.05, 4.69) is 15.7 Å². The van der Waals surface area contributed by atoms with Crippen LogP contribution < -0.4 is 16.0 Å². The minimum atomic E-state index is -4.73. The molecular weight excluding hydrogens is 467 g/mol. The van der Waals surface area contributed by atoms with E-state index in [0.717, 1.165) is 10.7 Å². The Balaban J connectivity index is 1.81. The number of hydrogen-bond acceptors (Lipinski definition) is 4. The monoisotopic (exact) mass is 489 g/mol. The fraction of sp³-hybridized carbons (Fsp3) is 0.217. The average Bonchev–Trinajstić information content (AvgIpc) is 3.22. The highest BCUT2D eigenvalue weighted by atomic mass is 19.4. The van der Waals surface area contributed by atoms with Crippen molar-refractivity contribution in [2.45, 2.75) is 32.1 Å². The van der Waals surface area contributed by atoms with Crippen LogP contribution in [0.25, 0.3) is 5.69 Å². The summed E-state index contributed by atoms with van der Waals surface area (Å²) in [5.41, 5.74) is 0.249. The largest absolute Gasteiger partial charge is 0.465 e. The maximum absolute atomic E-state index is 13.4. The van der Waals surface area contributed by atoms with Crippen molar-refractivity contribution < 1.29 is 32.7 Å². The van der Waals surface area contributed by atoms with Crippen LogP contribution in [0, 0.1) is 0 Å². The summed E-state index contributed by atoms with van der Waals surface area (Å²) in [7, 11) is 0. The van der Waals surface area contributed by atoms with E-state index in [1.54, 1.807) is 42.5 Å². The van der Waals surface area contributed by atoms with Gasteiger partial charge in [0.05, 0.1) is 12.1 Å². The van der Waals surface area contributed by atoms with E-state index in [1.807, 2.05) is 5.32 Å². The average molecular weight is 489 g/mol.